The second-order valence-corrected chi connectivity index (χ2v) is 7.26. The summed E-state index contributed by atoms with van der Waals surface area (Å²) in [6, 6.07) is 2.19. The molecule has 0 saturated heterocycles. The number of aliphatic hydroxyl groups is 1. The average molecular weight is 325 g/mol. The van der Waals surface area contributed by atoms with Gasteiger partial charge in [-0.2, -0.15) is 5.10 Å². The molecule has 2 heterocycles. The van der Waals surface area contributed by atoms with Crippen molar-refractivity contribution in [1.82, 2.24) is 9.78 Å². The Bertz CT molecular complexity index is 623. The van der Waals surface area contributed by atoms with Gasteiger partial charge in [0, 0.05) is 23.2 Å². The number of hydrogen-bond acceptors (Lipinski definition) is 3. The van der Waals surface area contributed by atoms with E-state index >= 15 is 0 Å². The van der Waals surface area contributed by atoms with E-state index in [1.165, 1.54) is 29.7 Å². The number of fused-ring (bicyclic) bond motifs is 1. The van der Waals surface area contributed by atoms with Crippen LogP contribution in [0.4, 0.5) is 0 Å². The lowest BCUT2D eigenvalue weighted by atomic mass is 9.98. The Morgan fingerprint density at radius 1 is 1.43 bits per heavy atom. The summed E-state index contributed by atoms with van der Waals surface area (Å²) in [6.07, 6.45) is 5.73. The van der Waals surface area contributed by atoms with Gasteiger partial charge in [0.05, 0.1) is 22.5 Å². The van der Waals surface area contributed by atoms with Gasteiger partial charge >= 0.3 is 0 Å². The quantitative estimate of drug-likeness (QED) is 0.927. The van der Waals surface area contributed by atoms with Crippen LogP contribution in [0.15, 0.2) is 6.07 Å². The van der Waals surface area contributed by atoms with Crippen LogP contribution in [0.25, 0.3) is 0 Å². The third kappa shape index (κ3) is 2.89. The Morgan fingerprint density at radius 2 is 2.19 bits per heavy atom. The van der Waals surface area contributed by atoms with E-state index in [1.54, 1.807) is 16.0 Å². The molecule has 1 unspecified atom stereocenters. The Morgan fingerprint density at radius 3 is 2.86 bits per heavy atom. The van der Waals surface area contributed by atoms with E-state index in [2.05, 4.69) is 11.2 Å². The molecule has 1 aliphatic carbocycles. The number of aryl methyl sites for hydroxylation is 4. The van der Waals surface area contributed by atoms with E-state index < -0.39 is 6.10 Å². The molecule has 3 nitrogen and oxygen atoms in total. The molecule has 1 atom stereocenters. The molecular formula is C16H21ClN2OS. The number of rotatable bonds is 4. The number of hydrogen-bond donors (Lipinski definition) is 1. The molecule has 0 aliphatic heterocycles. The Kier molecular flexibility index (Phi) is 4.38. The summed E-state index contributed by atoms with van der Waals surface area (Å²) in [6.45, 7) is 2.04. The first-order chi connectivity index (χ1) is 10.1. The molecule has 21 heavy (non-hydrogen) atoms. The number of halogens is 1. The summed E-state index contributed by atoms with van der Waals surface area (Å²) in [5, 5.41) is 15.7. The lowest BCUT2D eigenvalue weighted by Gasteiger charge is -2.09. The normalized spacial score (nSPS) is 16.0. The van der Waals surface area contributed by atoms with Crippen molar-refractivity contribution < 1.29 is 5.11 Å². The lowest BCUT2D eigenvalue weighted by Crippen LogP contribution is -2.05. The minimum atomic E-state index is -0.488. The number of thiophene rings is 1. The van der Waals surface area contributed by atoms with Crippen molar-refractivity contribution in [1.29, 1.82) is 0 Å². The van der Waals surface area contributed by atoms with E-state index in [0.29, 0.717) is 11.4 Å². The number of aromatic nitrogens is 2. The Hall–Kier alpha value is -0.840. The molecule has 2 aromatic heterocycles. The number of aliphatic hydroxyl groups excluding tert-OH is 1. The molecule has 0 fully saturated rings. The average Bonchev–Trinajstić information content (AvgIpc) is 3.03. The van der Waals surface area contributed by atoms with Gasteiger partial charge in [0.25, 0.3) is 0 Å². The van der Waals surface area contributed by atoms with Crippen LogP contribution in [0.5, 0.6) is 0 Å². The molecule has 1 aliphatic rings. The Balaban J connectivity index is 1.81. The second-order valence-electron chi connectivity index (χ2n) is 5.71. The van der Waals surface area contributed by atoms with Crippen molar-refractivity contribution >= 4 is 22.9 Å². The molecule has 1 N–H and O–H groups in total. The predicted octanol–water partition coefficient (Wildman–Crippen LogP) is 3.85. The van der Waals surface area contributed by atoms with Gasteiger partial charge in [-0.25, -0.2) is 0 Å². The van der Waals surface area contributed by atoms with E-state index in [4.69, 9.17) is 11.6 Å². The summed E-state index contributed by atoms with van der Waals surface area (Å²) < 4.78 is 1.80. The molecule has 0 saturated carbocycles. The molecule has 2 aromatic rings. The zero-order chi connectivity index (χ0) is 15.0. The smallest absolute Gasteiger partial charge is 0.0937 e. The molecular weight excluding hydrogens is 304 g/mol. The van der Waals surface area contributed by atoms with Crippen LogP contribution in [0.1, 0.15) is 52.6 Å². The fourth-order valence-electron chi connectivity index (χ4n) is 3.00. The van der Waals surface area contributed by atoms with Crippen LogP contribution in [0.3, 0.4) is 0 Å². The van der Waals surface area contributed by atoms with E-state index in [9.17, 15) is 5.11 Å². The first kappa shape index (κ1) is 15.1. The van der Waals surface area contributed by atoms with Crippen LogP contribution < -0.4 is 0 Å². The van der Waals surface area contributed by atoms with Crippen LogP contribution in [-0.2, 0) is 32.7 Å². The topological polar surface area (TPSA) is 38.0 Å². The van der Waals surface area contributed by atoms with Gasteiger partial charge in [0.2, 0.25) is 0 Å². The highest BCUT2D eigenvalue weighted by atomic mass is 35.5. The largest absolute Gasteiger partial charge is 0.387 e. The zero-order valence-electron chi connectivity index (χ0n) is 12.5. The van der Waals surface area contributed by atoms with Crippen molar-refractivity contribution in [3.63, 3.8) is 0 Å². The van der Waals surface area contributed by atoms with Gasteiger partial charge in [-0.3, -0.25) is 4.68 Å². The molecule has 3 rings (SSSR count). The molecule has 0 bridgehead atoms. The van der Waals surface area contributed by atoms with Gasteiger partial charge in [-0.15, -0.1) is 11.3 Å². The minimum Gasteiger partial charge on any atom is -0.387 e. The molecule has 0 radical (unpaired) electrons. The SMILES string of the molecule is CCc1nn(C)c(CC(O)c2cc3c(s2)CCCC3)c1Cl. The summed E-state index contributed by atoms with van der Waals surface area (Å²) in [5.74, 6) is 0. The maximum Gasteiger partial charge on any atom is 0.0937 e. The highest BCUT2D eigenvalue weighted by molar-refractivity contribution is 7.12. The van der Waals surface area contributed by atoms with Crippen molar-refractivity contribution in [2.24, 2.45) is 7.05 Å². The molecule has 0 amide bonds. The standard InChI is InChI=1S/C16H21ClN2OS/c1-3-11-16(17)12(19(2)18-11)9-13(20)15-8-10-6-4-5-7-14(10)21-15/h8,13,20H,3-7,9H2,1-2H3. The third-order valence-corrected chi connectivity index (χ3v) is 6.01. The first-order valence-electron chi connectivity index (χ1n) is 7.60. The van der Waals surface area contributed by atoms with Gasteiger partial charge in [-0.1, -0.05) is 18.5 Å². The highest BCUT2D eigenvalue weighted by Gasteiger charge is 2.21. The zero-order valence-corrected chi connectivity index (χ0v) is 14.1. The molecule has 114 valence electrons. The van der Waals surface area contributed by atoms with Crippen LogP contribution in [-0.4, -0.2) is 14.9 Å². The summed E-state index contributed by atoms with van der Waals surface area (Å²) in [5.41, 5.74) is 3.27. The van der Waals surface area contributed by atoms with Gasteiger partial charge in [-0.05, 0) is 43.7 Å². The fourth-order valence-corrected chi connectivity index (χ4v) is 4.62. The van der Waals surface area contributed by atoms with Gasteiger partial charge in [0.1, 0.15) is 0 Å². The van der Waals surface area contributed by atoms with E-state index in [-0.39, 0.29) is 0 Å². The molecule has 5 heteroatoms. The fraction of sp³-hybridized carbons (Fsp3) is 0.562. The maximum absolute atomic E-state index is 10.6. The summed E-state index contributed by atoms with van der Waals surface area (Å²) >= 11 is 8.14. The van der Waals surface area contributed by atoms with Gasteiger partial charge < -0.3 is 5.11 Å². The van der Waals surface area contributed by atoms with Crippen molar-refractivity contribution in [2.45, 2.75) is 51.6 Å². The number of nitrogens with zero attached hydrogens (tertiary/aromatic N) is 2. The predicted molar refractivity (Wildman–Crippen MR) is 87.2 cm³/mol. The Labute approximate surface area is 134 Å². The highest BCUT2D eigenvalue weighted by Crippen LogP contribution is 2.35. The minimum absolute atomic E-state index is 0.488. The summed E-state index contributed by atoms with van der Waals surface area (Å²) in [7, 11) is 1.90. The van der Waals surface area contributed by atoms with Crippen molar-refractivity contribution in [3.05, 3.63) is 37.8 Å². The second kappa shape index (κ2) is 6.11. The van der Waals surface area contributed by atoms with Crippen LogP contribution >= 0.6 is 22.9 Å². The molecule has 0 aromatic carbocycles. The monoisotopic (exact) mass is 324 g/mol. The summed E-state index contributed by atoms with van der Waals surface area (Å²) in [4.78, 5) is 2.53. The van der Waals surface area contributed by atoms with Crippen LogP contribution in [0.2, 0.25) is 5.02 Å². The van der Waals surface area contributed by atoms with E-state index in [0.717, 1.165) is 29.1 Å². The molecule has 0 spiro atoms. The van der Waals surface area contributed by atoms with Crippen molar-refractivity contribution in [3.8, 4) is 0 Å². The van der Waals surface area contributed by atoms with Crippen LogP contribution in [0, 0.1) is 0 Å². The first-order valence-corrected chi connectivity index (χ1v) is 8.79. The van der Waals surface area contributed by atoms with E-state index in [1.807, 2.05) is 14.0 Å². The maximum atomic E-state index is 10.6. The third-order valence-electron chi connectivity index (χ3n) is 4.23. The van der Waals surface area contributed by atoms with Crippen molar-refractivity contribution in [2.75, 3.05) is 0 Å². The lowest BCUT2D eigenvalue weighted by molar-refractivity contribution is 0.179. The van der Waals surface area contributed by atoms with Gasteiger partial charge in [0.15, 0.2) is 0 Å².